The van der Waals surface area contributed by atoms with Gasteiger partial charge in [0.1, 0.15) is 17.8 Å². The average molecular weight is 650 g/mol. The standard InChI is InChI=1S/C34H34F3N5O5/c1-32(31(45)42-25(14-18-8-4-3-5-9-18)30(44)41-13-7-12-26(41)34(42,46)47-32)39-29(43)19-15-21-20-10-6-11-23-27(20)22(16-24(21)40(2)17-19)28(38-23)33(35,36)37/h3-6,8-11,15,19,24-26,38,46H,7,12-14,16-17H2,1-2H3,(H,39,43)/t19?,24-,25+,26+,32-,34+/m1/s1. The van der Waals surface area contributed by atoms with Crippen LogP contribution in [0.2, 0.25) is 0 Å². The lowest BCUT2D eigenvalue weighted by molar-refractivity contribution is -0.315. The first-order chi connectivity index (χ1) is 22.3. The molecule has 1 aromatic heterocycles. The number of ether oxygens (including phenoxy) is 1. The van der Waals surface area contributed by atoms with E-state index in [1.165, 1.54) is 6.92 Å². The van der Waals surface area contributed by atoms with Crippen molar-refractivity contribution in [1.29, 1.82) is 0 Å². The van der Waals surface area contributed by atoms with Crippen LogP contribution in [0.15, 0.2) is 54.6 Å². The van der Waals surface area contributed by atoms with Crippen molar-refractivity contribution in [3.63, 3.8) is 0 Å². The van der Waals surface area contributed by atoms with Crippen molar-refractivity contribution in [2.75, 3.05) is 20.1 Å². The van der Waals surface area contributed by atoms with Crippen LogP contribution in [0.4, 0.5) is 13.2 Å². The zero-order valence-electron chi connectivity index (χ0n) is 25.8. The number of alkyl halides is 3. The number of nitrogens with zero attached hydrogens (tertiary/aromatic N) is 3. The number of hydrogen-bond donors (Lipinski definition) is 3. The number of aromatic nitrogens is 1. The van der Waals surface area contributed by atoms with Gasteiger partial charge in [-0.1, -0.05) is 48.5 Å². The van der Waals surface area contributed by atoms with Crippen molar-refractivity contribution >= 4 is 34.2 Å². The Hall–Kier alpha value is -4.20. The van der Waals surface area contributed by atoms with Crippen LogP contribution in [0.5, 0.6) is 0 Å². The zero-order chi connectivity index (χ0) is 33.0. The van der Waals surface area contributed by atoms with E-state index in [4.69, 9.17) is 4.74 Å². The van der Waals surface area contributed by atoms with E-state index in [1.54, 1.807) is 36.2 Å². The lowest BCUT2D eigenvalue weighted by Gasteiger charge is -2.48. The van der Waals surface area contributed by atoms with E-state index in [0.29, 0.717) is 35.9 Å². The predicted molar refractivity (Wildman–Crippen MR) is 163 cm³/mol. The van der Waals surface area contributed by atoms with Gasteiger partial charge < -0.3 is 20.3 Å². The third-order valence-electron chi connectivity index (χ3n) is 10.5. The van der Waals surface area contributed by atoms with Crippen LogP contribution >= 0.6 is 0 Å². The molecule has 3 N–H and O–H groups in total. The molecule has 4 aliphatic heterocycles. The number of rotatable bonds is 4. The van der Waals surface area contributed by atoms with Crippen LogP contribution in [-0.4, -0.2) is 92.4 Å². The molecule has 0 bridgehead atoms. The summed E-state index contributed by atoms with van der Waals surface area (Å²) in [5, 5.41) is 15.3. The maximum Gasteiger partial charge on any atom is 0.431 e. The summed E-state index contributed by atoms with van der Waals surface area (Å²) in [5.41, 5.74) is 0.0213. The van der Waals surface area contributed by atoms with E-state index < -0.39 is 53.3 Å². The van der Waals surface area contributed by atoms with Gasteiger partial charge in [-0.2, -0.15) is 13.2 Å². The number of carbonyl (C=O) groups is 3. The Balaban J connectivity index is 1.12. The quantitative estimate of drug-likeness (QED) is 0.400. The smallest absolute Gasteiger partial charge is 0.351 e. The fourth-order valence-corrected chi connectivity index (χ4v) is 8.45. The maximum absolute atomic E-state index is 14.2. The molecule has 0 radical (unpaired) electrons. The van der Waals surface area contributed by atoms with E-state index in [-0.39, 0.29) is 36.9 Å². The van der Waals surface area contributed by atoms with Crippen LogP contribution < -0.4 is 5.32 Å². The molecule has 10 nitrogen and oxygen atoms in total. The van der Waals surface area contributed by atoms with Gasteiger partial charge in [0.05, 0.1) is 5.92 Å². The molecule has 1 unspecified atom stereocenters. The summed E-state index contributed by atoms with van der Waals surface area (Å²) < 4.78 is 48.0. The molecule has 47 heavy (non-hydrogen) atoms. The van der Waals surface area contributed by atoms with E-state index in [0.717, 1.165) is 16.0 Å². The number of likely N-dealkylation sites (N-methyl/N-ethyl adjacent to an activating group) is 1. The van der Waals surface area contributed by atoms with Crippen molar-refractivity contribution in [3.05, 3.63) is 77.0 Å². The minimum absolute atomic E-state index is 0.124. The minimum Gasteiger partial charge on any atom is -0.351 e. The molecule has 8 rings (SSSR count). The Kier molecular flexibility index (Phi) is 6.51. The number of carbonyl (C=O) groups excluding carboxylic acids is 3. The molecule has 0 spiro atoms. The Morgan fingerprint density at radius 2 is 1.91 bits per heavy atom. The third kappa shape index (κ3) is 4.39. The van der Waals surface area contributed by atoms with Gasteiger partial charge in [-0.3, -0.25) is 28.9 Å². The van der Waals surface area contributed by atoms with E-state index in [2.05, 4.69) is 10.3 Å². The van der Waals surface area contributed by atoms with Gasteiger partial charge in [0.25, 0.3) is 11.8 Å². The number of aromatic amines is 1. The van der Waals surface area contributed by atoms with E-state index >= 15 is 0 Å². The van der Waals surface area contributed by atoms with Crippen LogP contribution in [-0.2, 0) is 38.1 Å². The van der Waals surface area contributed by atoms with E-state index in [9.17, 15) is 32.7 Å². The second-order valence-corrected chi connectivity index (χ2v) is 13.4. The lowest BCUT2D eigenvalue weighted by Crippen LogP contribution is -2.71. The van der Waals surface area contributed by atoms with Crippen LogP contribution in [0.25, 0.3) is 16.5 Å². The second kappa shape index (κ2) is 10.1. The molecule has 1 aliphatic carbocycles. The topological polar surface area (TPSA) is 118 Å². The molecule has 0 saturated carbocycles. The Morgan fingerprint density at radius 3 is 2.66 bits per heavy atom. The van der Waals surface area contributed by atoms with Crippen molar-refractivity contribution in [2.24, 2.45) is 5.92 Å². The highest BCUT2D eigenvalue weighted by molar-refractivity contribution is 6.01. The normalized spacial score (nSPS) is 31.9. The Bertz CT molecular complexity index is 1860. The largest absolute Gasteiger partial charge is 0.431 e. The minimum atomic E-state index is -4.54. The van der Waals surface area contributed by atoms with Crippen LogP contribution in [0, 0.1) is 5.92 Å². The predicted octanol–water partition coefficient (Wildman–Crippen LogP) is 3.01. The van der Waals surface area contributed by atoms with Gasteiger partial charge in [0.15, 0.2) is 0 Å². The van der Waals surface area contributed by atoms with Gasteiger partial charge >= 0.3 is 6.18 Å². The van der Waals surface area contributed by atoms with Crippen molar-refractivity contribution in [2.45, 2.75) is 68.5 Å². The number of amides is 3. The first-order valence-electron chi connectivity index (χ1n) is 15.9. The van der Waals surface area contributed by atoms with Crippen LogP contribution in [0.3, 0.4) is 0 Å². The molecular weight excluding hydrogens is 615 g/mol. The summed E-state index contributed by atoms with van der Waals surface area (Å²) in [7, 11) is 1.76. The van der Waals surface area contributed by atoms with Gasteiger partial charge in [-0.05, 0) is 61.6 Å². The fraction of sp³-hybridized carbons (Fsp3) is 0.441. The lowest BCUT2D eigenvalue weighted by atomic mass is 9.79. The molecule has 5 aliphatic rings. The number of fused-ring (bicyclic) bond motifs is 5. The van der Waals surface area contributed by atoms with Gasteiger partial charge in [-0.15, -0.1) is 0 Å². The highest BCUT2D eigenvalue weighted by atomic mass is 19.4. The highest BCUT2D eigenvalue weighted by Crippen LogP contribution is 2.47. The molecule has 13 heteroatoms. The molecule has 3 saturated heterocycles. The molecule has 6 atom stereocenters. The number of piperazine rings is 1. The first kappa shape index (κ1) is 30.2. The average Bonchev–Trinajstić information content (AvgIpc) is 3.72. The molecule has 2 aromatic carbocycles. The zero-order valence-corrected chi connectivity index (χ0v) is 25.8. The summed E-state index contributed by atoms with van der Waals surface area (Å²) in [5.74, 6) is -4.46. The summed E-state index contributed by atoms with van der Waals surface area (Å²) in [4.78, 5) is 49.0. The molecule has 5 heterocycles. The Labute approximate surface area is 268 Å². The number of benzene rings is 2. The van der Waals surface area contributed by atoms with Crippen molar-refractivity contribution in [1.82, 2.24) is 25.0 Å². The summed E-state index contributed by atoms with van der Waals surface area (Å²) >= 11 is 0. The first-order valence-corrected chi connectivity index (χ1v) is 15.9. The number of aliphatic hydroxyl groups is 1. The number of hydrogen-bond acceptors (Lipinski definition) is 6. The van der Waals surface area contributed by atoms with Gasteiger partial charge in [-0.25, -0.2) is 0 Å². The summed E-state index contributed by atoms with van der Waals surface area (Å²) in [6.07, 6.45) is -1.43. The fourth-order valence-electron chi connectivity index (χ4n) is 8.45. The SMILES string of the molecule is CN1CC(C(=O)N[C@]2(C)O[C@@]3(O)[C@@H]4CCCN4C(=O)[C@H](Cc4ccccc4)N3C2=O)C=C2c3cccc4[nH]c(C(F)(F)F)c(c34)C[C@H]21. The molecular formula is C34H34F3N5O5. The van der Waals surface area contributed by atoms with E-state index in [1.807, 2.05) is 35.2 Å². The summed E-state index contributed by atoms with van der Waals surface area (Å²) in [6, 6.07) is 12.1. The van der Waals surface area contributed by atoms with Gasteiger partial charge in [0.2, 0.25) is 17.5 Å². The highest BCUT2D eigenvalue weighted by Gasteiger charge is 2.70. The molecule has 3 amide bonds. The second-order valence-electron chi connectivity index (χ2n) is 13.4. The number of nitrogens with one attached hydrogen (secondary N) is 2. The van der Waals surface area contributed by atoms with Crippen molar-refractivity contribution in [3.8, 4) is 0 Å². The monoisotopic (exact) mass is 649 g/mol. The Morgan fingerprint density at radius 1 is 1.15 bits per heavy atom. The maximum atomic E-state index is 14.2. The van der Waals surface area contributed by atoms with Gasteiger partial charge in [0, 0.05) is 36.5 Å². The number of halogens is 3. The van der Waals surface area contributed by atoms with Crippen molar-refractivity contribution < 1.29 is 37.4 Å². The molecule has 246 valence electrons. The number of H-pyrrole nitrogens is 1. The molecule has 3 aromatic rings. The van der Waals surface area contributed by atoms with Crippen LogP contribution in [0.1, 0.15) is 42.1 Å². The molecule has 3 fully saturated rings. The third-order valence-corrected chi connectivity index (χ3v) is 10.5. The summed E-state index contributed by atoms with van der Waals surface area (Å²) in [6.45, 7) is 2.00.